The second-order valence-electron chi connectivity index (χ2n) is 4.55. The lowest BCUT2D eigenvalue weighted by molar-refractivity contribution is -0.386. The smallest absolute Gasteiger partial charge is 0.419 e. The Hall–Kier alpha value is -2.52. The normalized spacial score (nSPS) is 11.2. The first-order valence-electron chi connectivity index (χ1n) is 6.27. The third kappa shape index (κ3) is 3.77. The van der Waals surface area contributed by atoms with Crippen LogP contribution in [0.15, 0.2) is 30.3 Å². The number of carboxylic acids is 1. The molecule has 2 aromatic rings. The molecule has 0 saturated heterocycles. The summed E-state index contributed by atoms with van der Waals surface area (Å²) >= 11 is 11.2. The number of alkyl halides is 3. The van der Waals surface area contributed by atoms with Crippen LogP contribution >= 0.6 is 23.2 Å². The molecule has 0 aliphatic rings. The molecule has 132 valence electrons. The number of nitro groups is 1. The molecule has 2 aromatic carbocycles. The van der Waals surface area contributed by atoms with E-state index < -0.39 is 55.4 Å². The lowest BCUT2D eigenvalue weighted by Gasteiger charge is -2.15. The molecule has 0 bridgehead atoms. The summed E-state index contributed by atoms with van der Waals surface area (Å²) in [6.45, 7) is 0. The van der Waals surface area contributed by atoms with Gasteiger partial charge >= 0.3 is 17.8 Å². The Kier molecular flexibility index (Phi) is 5.09. The molecule has 6 nitrogen and oxygen atoms in total. The maximum atomic E-state index is 13.0. The maximum Gasteiger partial charge on any atom is 0.419 e. The highest BCUT2D eigenvalue weighted by atomic mass is 35.5. The minimum absolute atomic E-state index is 0.566. The molecule has 0 atom stereocenters. The fraction of sp³-hybridized carbons (Fsp3) is 0.0714. The number of nitro benzene ring substituents is 1. The van der Waals surface area contributed by atoms with Gasteiger partial charge in [-0.25, -0.2) is 4.79 Å². The largest absolute Gasteiger partial charge is 0.477 e. The number of aromatic carboxylic acids is 1. The van der Waals surface area contributed by atoms with Crippen LogP contribution in [-0.2, 0) is 6.18 Å². The molecule has 0 radical (unpaired) electrons. The number of benzene rings is 2. The number of para-hydroxylation sites is 1. The number of rotatable bonds is 4. The molecular weight excluding hydrogens is 390 g/mol. The Morgan fingerprint density at radius 3 is 2.32 bits per heavy atom. The molecule has 1 N–H and O–H groups in total. The van der Waals surface area contributed by atoms with E-state index in [2.05, 4.69) is 0 Å². The van der Waals surface area contributed by atoms with Crippen molar-refractivity contribution in [2.75, 3.05) is 0 Å². The van der Waals surface area contributed by atoms with Crippen LogP contribution in [0, 0.1) is 10.1 Å². The first-order valence-corrected chi connectivity index (χ1v) is 7.03. The van der Waals surface area contributed by atoms with E-state index in [0.29, 0.717) is 0 Å². The molecule has 0 fully saturated rings. The highest BCUT2D eigenvalue weighted by Crippen LogP contribution is 2.45. The minimum atomic E-state index is -4.89. The molecule has 0 aromatic heterocycles. The van der Waals surface area contributed by atoms with Gasteiger partial charge in [-0.2, -0.15) is 13.2 Å². The van der Waals surface area contributed by atoms with Gasteiger partial charge in [-0.1, -0.05) is 29.3 Å². The second-order valence-corrected chi connectivity index (χ2v) is 5.33. The third-order valence-corrected chi connectivity index (χ3v) is 3.66. The van der Waals surface area contributed by atoms with Gasteiger partial charge in [-0.15, -0.1) is 0 Å². The van der Waals surface area contributed by atoms with Crippen molar-refractivity contribution in [1.82, 2.24) is 0 Å². The average Bonchev–Trinajstić information content (AvgIpc) is 2.48. The van der Waals surface area contributed by atoms with Crippen molar-refractivity contribution in [3.63, 3.8) is 0 Å². The van der Waals surface area contributed by atoms with Crippen molar-refractivity contribution < 1.29 is 32.7 Å². The van der Waals surface area contributed by atoms with Gasteiger partial charge in [-0.3, -0.25) is 10.1 Å². The Bertz CT molecular complexity index is 870. The van der Waals surface area contributed by atoms with Crippen molar-refractivity contribution in [2.45, 2.75) is 6.18 Å². The summed E-state index contributed by atoms with van der Waals surface area (Å²) in [6, 6.07) is 4.97. The molecule has 0 heterocycles. The summed E-state index contributed by atoms with van der Waals surface area (Å²) in [6.07, 6.45) is -4.89. The second kappa shape index (κ2) is 6.77. The van der Waals surface area contributed by atoms with Gasteiger partial charge in [0.15, 0.2) is 0 Å². The topological polar surface area (TPSA) is 89.7 Å². The van der Waals surface area contributed by atoms with Gasteiger partial charge < -0.3 is 9.84 Å². The minimum Gasteiger partial charge on any atom is -0.477 e. The molecule has 2 rings (SSSR count). The van der Waals surface area contributed by atoms with Crippen LogP contribution in [0.1, 0.15) is 15.9 Å². The number of carbonyl (C=O) groups is 1. The summed E-state index contributed by atoms with van der Waals surface area (Å²) in [5, 5.41) is 18.5. The molecule has 0 aliphatic heterocycles. The lowest BCUT2D eigenvalue weighted by Crippen LogP contribution is -2.08. The lowest BCUT2D eigenvalue weighted by atomic mass is 10.1. The molecule has 0 aliphatic carbocycles. The monoisotopic (exact) mass is 395 g/mol. The van der Waals surface area contributed by atoms with E-state index in [1.54, 1.807) is 0 Å². The summed E-state index contributed by atoms with van der Waals surface area (Å²) in [7, 11) is 0. The van der Waals surface area contributed by atoms with E-state index >= 15 is 0 Å². The molecule has 0 unspecified atom stereocenters. The van der Waals surface area contributed by atoms with Gasteiger partial charge in [0.25, 0.3) is 0 Å². The van der Waals surface area contributed by atoms with Crippen molar-refractivity contribution >= 4 is 34.9 Å². The number of nitrogens with zero attached hydrogens (tertiary/aromatic N) is 1. The van der Waals surface area contributed by atoms with Crippen molar-refractivity contribution in [2.24, 2.45) is 0 Å². The summed E-state index contributed by atoms with van der Waals surface area (Å²) in [5.74, 6) is -2.75. The zero-order chi connectivity index (χ0) is 18.9. The fourth-order valence-electron chi connectivity index (χ4n) is 1.96. The zero-order valence-electron chi connectivity index (χ0n) is 11.8. The number of carboxylic acid groups (broad SMARTS) is 1. The van der Waals surface area contributed by atoms with Crippen molar-refractivity contribution in [3.05, 3.63) is 61.6 Å². The van der Waals surface area contributed by atoms with Crippen molar-refractivity contribution in [1.29, 1.82) is 0 Å². The molecule has 0 saturated carbocycles. The number of ether oxygens (including phenoxy) is 1. The summed E-state index contributed by atoms with van der Waals surface area (Å²) in [4.78, 5) is 21.2. The molecule has 25 heavy (non-hydrogen) atoms. The maximum absolute atomic E-state index is 13.0. The first kappa shape index (κ1) is 18.8. The van der Waals surface area contributed by atoms with Gasteiger partial charge in [0.2, 0.25) is 5.75 Å². The van der Waals surface area contributed by atoms with E-state index in [1.807, 2.05) is 0 Å². The standard InChI is InChI=1S/C14H6Cl2F3NO5/c15-7-4-5-8(11(16)10(7)14(17,18)19)25-9-3-1-2-6(13(21)22)12(9)20(23)24/h1-5H,(H,21,22). The Morgan fingerprint density at radius 2 is 1.80 bits per heavy atom. The SMILES string of the molecule is O=C(O)c1cccc(Oc2ccc(Cl)c(C(F)(F)F)c2Cl)c1[N+](=O)[O-]. The van der Waals surface area contributed by atoms with Crippen LogP contribution in [0.25, 0.3) is 0 Å². The number of hydrogen-bond acceptors (Lipinski definition) is 4. The zero-order valence-corrected chi connectivity index (χ0v) is 13.3. The van der Waals surface area contributed by atoms with Gasteiger partial charge in [0, 0.05) is 0 Å². The van der Waals surface area contributed by atoms with Crippen LogP contribution < -0.4 is 4.74 Å². The van der Waals surface area contributed by atoms with Crippen LogP contribution in [0.5, 0.6) is 11.5 Å². The molecule has 0 spiro atoms. The molecule has 0 amide bonds. The van der Waals surface area contributed by atoms with E-state index in [0.717, 1.165) is 30.3 Å². The van der Waals surface area contributed by atoms with E-state index in [-0.39, 0.29) is 0 Å². The first-order chi connectivity index (χ1) is 11.5. The number of halogens is 5. The summed E-state index contributed by atoms with van der Waals surface area (Å²) < 4.78 is 44.1. The quantitative estimate of drug-likeness (QED) is 0.551. The Morgan fingerprint density at radius 1 is 1.16 bits per heavy atom. The van der Waals surface area contributed by atoms with Crippen LogP contribution in [0.4, 0.5) is 18.9 Å². The number of hydrogen-bond donors (Lipinski definition) is 1. The highest BCUT2D eigenvalue weighted by Gasteiger charge is 2.37. The Labute approximate surface area is 147 Å². The van der Waals surface area contributed by atoms with Crippen molar-refractivity contribution in [3.8, 4) is 11.5 Å². The van der Waals surface area contributed by atoms with E-state index in [1.165, 1.54) is 0 Å². The molecule has 11 heteroatoms. The van der Waals surface area contributed by atoms with Crippen LogP contribution in [0.3, 0.4) is 0 Å². The molecular formula is C14H6Cl2F3NO5. The Balaban J connectivity index is 2.61. The average molecular weight is 396 g/mol. The third-order valence-electron chi connectivity index (χ3n) is 2.97. The van der Waals surface area contributed by atoms with E-state index in [9.17, 15) is 28.1 Å². The summed E-state index contributed by atoms with van der Waals surface area (Å²) in [5.41, 5.74) is -2.98. The predicted molar refractivity (Wildman–Crippen MR) is 81.6 cm³/mol. The van der Waals surface area contributed by atoms with E-state index in [4.69, 9.17) is 33.0 Å². The van der Waals surface area contributed by atoms with Gasteiger partial charge in [0.1, 0.15) is 11.3 Å². The van der Waals surface area contributed by atoms with Gasteiger partial charge in [-0.05, 0) is 24.3 Å². The predicted octanol–water partition coefficient (Wildman–Crippen LogP) is 5.41. The fourth-order valence-corrected chi connectivity index (χ4v) is 2.58. The van der Waals surface area contributed by atoms with Gasteiger partial charge in [0.05, 0.1) is 20.5 Å². The highest BCUT2D eigenvalue weighted by molar-refractivity contribution is 6.37. The van der Waals surface area contributed by atoms with Crippen LogP contribution in [-0.4, -0.2) is 16.0 Å². The van der Waals surface area contributed by atoms with Crippen LogP contribution in [0.2, 0.25) is 10.0 Å².